The van der Waals surface area contributed by atoms with E-state index in [1.54, 1.807) is 0 Å². The maximum absolute atomic E-state index is 9.77. The Bertz CT molecular complexity index is 116. The lowest BCUT2D eigenvalue weighted by molar-refractivity contribution is -0.109. The van der Waals surface area contributed by atoms with E-state index in [9.17, 15) is 4.79 Å². The number of nitrogens with one attached hydrogen (secondary N) is 1. The fourth-order valence-corrected chi connectivity index (χ4v) is 0.623. The Morgan fingerprint density at radius 2 is 1.80 bits per heavy atom. The SMILES string of the molecule is CC(C)C.NCCCOCCCNC=O. The normalized spacial score (nSPS) is 9.40. The second-order valence-electron chi connectivity index (χ2n) is 3.91. The van der Waals surface area contributed by atoms with Crippen LogP contribution in [0.3, 0.4) is 0 Å². The average molecular weight is 218 g/mol. The van der Waals surface area contributed by atoms with Crippen LogP contribution in [0.1, 0.15) is 33.6 Å². The summed E-state index contributed by atoms with van der Waals surface area (Å²) in [6, 6.07) is 0. The van der Waals surface area contributed by atoms with Crippen molar-refractivity contribution in [3.63, 3.8) is 0 Å². The van der Waals surface area contributed by atoms with E-state index in [1.165, 1.54) is 0 Å². The molecular formula is C11H26N2O2. The molecule has 0 aromatic carbocycles. The van der Waals surface area contributed by atoms with Crippen LogP contribution in [-0.4, -0.2) is 32.7 Å². The van der Waals surface area contributed by atoms with Crippen LogP contribution in [-0.2, 0) is 9.53 Å². The van der Waals surface area contributed by atoms with Gasteiger partial charge in [-0.2, -0.15) is 0 Å². The predicted molar refractivity (Wildman–Crippen MR) is 63.7 cm³/mol. The number of amides is 1. The van der Waals surface area contributed by atoms with Crippen molar-refractivity contribution in [3.05, 3.63) is 0 Å². The first-order chi connectivity index (χ1) is 7.15. The first-order valence-electron chi connectivity index (χ1n) is 5.60. The number of rotatable bonds is 8. The van der Waals surface area contributed by atoms with Gasteiger partial charge in [-0.3, -0.25) is 4.79 Å². The van der Waals surface area contributed by atoms with Crippen LogP contribution in [0.4, 0.5) is 0 Å². The van der Waals surface area contributed by atoms with Crippen LogP contribution in [0.2, 0.25) is 0 Å². The molecule has 0 aromatic heterocycles. The Kier molecular flexibility index (Phi) is 17.8. The van der Waals surface area contributed by atoms with Gasteiger partial charge in [0, 0.05) is 19.8 Å². The van der Waals surface area contributed by atoms with Gasteiger partial charge in [-0.25, -0.2) is 0 Å². The smallest absolute Gasteiger partial charge is 0.207 e. The molecule has 4 heteroatoms. The molecule has 1 amide bonds. The molecule has 92 valence electrons. The van der Waals surface area contributed by atoms with Crippen LogP contribution in [0.25, 0.3) is 0 Å². The molecule has 0 aliphatic heterocycles. The largest absolute Gasteiger partial charge is 0.381 e. The van der Waals surface area contributed by atoms with E-state index in [0.29, 0.717) is 26.1 Å². The monoisotopic (exact) mass is 218 g/mol. The summed E-state index contributed by atoms with van der Waals surface area (Å²) in [5.74, 6) is 0.833. The minimum Gasteiger partial charge on any atom is -0.381 e. The Hall–Kier alpha value is -0.610. The molecule has 0 heterocycles. The van der Waals surface area contributed by atoms with Crippen molar-refractivity contribution in [2.75, 3.05) is 26.3 Å². The molecular weight excluding hydrogens is 192 g/mol. The standard InChI is InChI=1S/C7H16N2O2.C4H10/c8-3-1-5-11-6-2-4-9-7-10;1-4(2)3/h7H,1-6,8H2,(H,9,10);4H,1-3H3. The molecule has 0 rings (SSSR count). The van der Waals surface area contributed by atoms with Gasteiger partial charge in [0.25, 0.3) is 0 Å². The lowest BCUT2D eigenvalue weighted by atomic mass is 10.3. The number of nitrogens with two attached hydrogens (primary N) is 1. The van der Waals surface area contributed by atoms with Crippen molar-refractivity contribution in [2.24, 2.45) is 11.7 Å². The molecule has 0 saturated carbocycles. The van der Waals surface area contributed by atoms with Crippen molar-refractivity contribution in [1.82, 2.24) is 5.32 Å². The Labute approximate surface area is 93.6 Å². The van der Waals surface area contributed by atoms with Crippen LogP contribution < -0.4 is 11.1 Å². The van der Waals surface area contributed by atoms with E-state index in [0.717, 1.165) is 25.4 Å². The van der Waals surface area contributed by atoms with Gasteiger partial charge in [-0.05, 0) is 25.3 Å². The summed E-state index contributed by atoms with van der Waals surface area (Å²) in [7, 11) is 0. The van der Waals surface area contributed by atoms with Crippen molar-refractivity contribution >= 4 is 6.41 Å². The Balaban J connectivity index is 0. The zero-order valence-electron chi connectivity index (χ0n) is 10.3. The van der Waals surface area contributed by atoms with Gasteiger partial charge in [0.15, 0.2) is 0 Å². The third-order valence-electron chi connectivity index (χ3n) is 1.19. The molecule has 0 aliphatic rings. The van der Waals surface area contributed by atoms with E-state index in [1.807, 2.05) is 0 Å². The maximum Gasteiger partial charge on any atom is 0.207 e. The van der Waals surface area contributed by atoms with E-state index in [-0.39, 0.29) is 0 Å². The summed E-state index contributed by atoms with van der Waals surface area (Å²) >= 11 is 0. The van der Waals surface area contributed by atoms with Crippen molar-refractivity contribution in [2.45, 2.75) is 33.6 Å². The number of carbonyl (C=O) groups is 1. The maximum atomic E-state index is 9.77. The molecule has 3 N–H and O–H groups in total. The fraction of sp³-hybridized carbons (Fsp3) is 0.909. The molecule has 15 heavy (non-hydrogen) atoms. The number of hydrogen-bond acceptors (Lipinski definition) is 3. The van der Waals surface area contributed by atoms with Crippen LogP contribution in [0.15, 0.2) is 0 Å². The summed E-state index contributed by atoms with van der Waals surface area (Å²) in [6.07, 6.45) is 2.46. The lowest BCUT2D eigenvalue weighted by Crippen LogP contribution is -2.14. The number of hydrogen-bond donors (Lipinski definition) is 2. The molecule has 0 aromatic rings. The van der Waals surface area contributed by atoms with E-state index < -0.39 is 0 Å². The summed E-state index contributed by atoms with van der Waals surface area (Å²) in [5.41, 5.74) is 5.25. The quantitative estimate of drug-likeness (QED) is 0.474. The van der Waals surface area contributed by atoms with Crippen molar-refractivity contribution < 1.29 is 9.53 Å². The van der Waals surface area contributed by atoms with Crippen molar-refractivity contribution in [3.8, 4) is 0 Å². The van der Waals surface area contributed by atoms with Gasteiger partial charge in [0.1, 0.15) is 0 Å². The van der Waals surface area contributed by atoms with Gasteiger partial charge in [-0.1, -0.05) is 20.8 Å². The van der Waals surface area contributed by atoms with E-state index in [4.69, 9.17) is 10.5 Å². The highest BCUT2D eigenvalue weighted by Gasteiger charge is 1.87. The van der Waals surface area contributed by atoms with Gasteiger partial charge in [0.05, 0.1) is 0 Å². The molecule has 4 nitrogen and oxygen atoms in total. The summed E-state index contributed by atoms with van der Waals surface area (Å²) < 4.78 is 5.18. The van der Waals surface area contributed by atoms with Crippen LogP contribution >= 0.6 is 0 Å². The molecule has 0 unspecified atom stereocenters. The number of carbonyl (C=O) groups excluding carboxylic acids is 1. The molecule has 0 fully saturated rings. The van der Waals surface area contributed by atoms with Gasteiger partial charge in [-0.15, -0.1) is 0 Å². The Morgan fingerprint density at radius 1 is 1.27 bits per heavy atom. The first-order valence-corrected chi connectivity index (χ1v) is 5.60. The van der Waals surface area contributed by atoms with Crippen LogP contribution in [0, 0.1) is 5.92 Å². The minimum atomic E-state index is 0.673. The molecule has 0 bridgehead atoms. The van der Waals surface area contributed by atoms with Gasteiger partial charge >= 0.3 is 0 Å². The zero-order valence-corrected chi connectivity index (χ0v) is 10.3. The minimum absolute atomic E-state index is 0.673. The predicted octanol–water partition coefficient (Wildman–Crippen LogP) is 1.15. The highest BCUT2D eigenvalue weighted by Crippen LogP contribution is 1.82. The lowest BCUT2D eigenvalue weighted by Gasteiger charge is -2.01. The highest BCUT2D eigenvalue weighted by molar-refractivity contribution is 5.45. The molecule has 0 aliphatic carbocycles. The summed E-state index contributed by atoms with van der Waals surface area (Å²) in [4.78, 5) is 9.77. The van der Waals surface area contributed by atoms with E-state index in [2.05, 4.69) is 26.1 Å². The molecule has 0 saturated heterocycles. The van der Waals surface area contributed by atoms with Crippen LogP contribution in [0.5, 0.6) is 0 Å². The zero-order chi connectivity index (χ0) is 11.9. The highest BCUT2D eigenvalue weighted by atomic mass is 16.5. The van der Waals surface area contributed by atoms with Gasteiger partial charge in [0.2, 0.25) is 6.41 Å². The third kappa shape index (κ3) is 31.8. The molecule has 0 spiro atoms. The first kappa shape index (κ1) is 16.8. The number of ether oxygens (including phenoxy) is 1. The average Bonchev–Trinajstić information content (AvgIpc) is 2.16. The van der Waals surface area contributed by atoms with Gasteiger partial charge < -0.3 is 15.8 Å². The fourth-order valence-electron chi connectivity index (χ4n) is 0.623. The molecule has 0 atom stereocenters. The van der Waals surface area contributed by atoms with E-state index >= 15 is 0 Å². The van der Waals surface area contributed by atoms with Crippen molar-refractivity contribution in [1.29, 1.82) is 0 Å². The Morgan fingerprint density at radius 3 is 2.27 bits per heavy atom. The second kappa shape index (κ2) is 15.8. The topological polar surface area (TPSA) is 64.3 Å². The summed E-state index contributed by atoms with van der Waals surface area (Å²) in [6.45, 7) is 9.27. The summed E-state index contributed by atoms with van der Waals surface area (Å²) in [5, 5.41) is 2.55. The third-order valence-corrected chi connectivity index (χ3v) is 1.19. The second-order valence-corrected chi connectivity index (χ2v) is 3.91. The molecule has 0 radical (unpaired) electrons.